The van der Waals surface area contributed by atoms with Crippen LogP contribution in [0, 0.1) is 0 Å². The van der Waals surface area contributed by atoms with E-state index in [0.717, 1.165) is 26.2 Å². The first-order chi connectivity index (χ1) is 9.70. The lowest BCUT2D eigenvalue weighted by Crippen LogP contribution is -2.44. The van der Waals surface area contributed by atoms with E-state index in [1.165, 1.54) is 24.9 Å². The Kier molecular flexibility index (Phi) is 6.02. The van der Waals surface area contributed by atoms with Crippen molar-refractivity contribution in [1.29, 1.82) is 0 Å². The molecule has 20 heavy (non-hydrogen) atoms. The largest absolute Gasteiger partial charge is 0.329 e. The van der Waals surface area contributed by atoms with Crippen LogP contribution in [0.15, 0.2) is 30.3 Å². The number of hydrogen-bond acceptors (Lipinski definition) is 3. The Morgan fingerprint density at radius 2 is 2.05 bits per heavy atom. The highest BCUT2D eigenvalue weighted by atomic mass is 15.2. The maximum atomic E-state index is 5.73. The highest BCUT2D eigenvalue weighted by Crippen LogP contribution is 2.19. The molecule has 1 unspecified atom stereocenters. The van der Waals surface area contributed by atoms with Gasteiger partial charge >= 0.3 is 0 Å². The van der Waals surface area contributed by atoms with E-state index in [1.807, 2.05) is 0 Å². The van der Waals surface area contributed by atoms with Crippen LogP contribution in [0.2, 0.25) is 0 Å². The molecule has 1 saturated heterocycles. The minimum Gasteiger partial charge on any atom is -0.329 e. The van der Waals surface area contributed by atoms with Gasteiger partial charge in [-0.2, -0.15) is 0 Å². The van der Waals surface area contributed by atoms with Gasteiger partial charge in [0.2, 0.25) is 0 Å². The molecule has 112 valence electrons. The van der Waals surface area contributed by atoms with Gasteiger partial charge in [0.1, 0.15) is 0 Å². The Morgan fingerprint density at radius 1 is 1.30 bits per heavy atom. The van der Waals surface area contributed by atoms with Gasteiger partial charge in [-0.1, -0.05) is 30.3 Å². The van der Waals surface area contributed by atoms with Crippen molar-refractivity contribution in [2.45, 2.75) is 45.3 Å². The summed E-state index contributed by atoms with van der Waals surface area (Å²) in [5.74, 6) is 0. The Bertz CT molecular complexity index is 377. The van der Waals surface area contributed by atoms with Crippen molar-refractivity contribution in [3.05, 3.63) is 35.9 Å². The molecule has 3 nitrogen and oxygen atoms in total. The van der Waals surface area contributed by atoms with E-state index in [-0.39, 0.29) is 0 Å². The van der Waals surface area contributed by atoms with Crippen molar-refractivity contribution >= 4 is 0 Å². The maximum Gasteiger partial charge on any atom is 0.0237 e. The van der Waals surface area contributed by atoms with E-state index in [4.69, 9.17) is 5.73 Å². The first-order valence-electron chi connectivity index (χ1n) is 7.92. The summed E-state index contributed by atoms with van der Waals surface area (Å²) in [6.45, 7) is 9.84. The molecule has 1 aliphatic rings. The van der Waals surface area contributed by atoms with Crippen LogP contribution in [0.3, 0.4) is 0 Å². The molecule has 1 heterocycles. The zero-order chi connectivity index (χ0) is 14.4. The Hall–Kier alpha value is -0.900. The highest BCUT2D eigenvalue weighted by Gasteiger charge is 2.26. The third-order valence-electron chi connectivity index (χ3n) is 4.32. The van der Waals surface area contributed by atoms with E-state index in [9.17, 15) is 0 Å². The van der Waals surface area contributed by atoms with Gasteiger partial charge in [-0.3, -0.25) is 9.80 Å². The van der Waals surface area contributed by atoms with Crippen molar-refractivity contribution in [2.75, 3.05) is 26.2 Å². The van der Waals surface area contributed by atoms with Crippen molar-refractivity contribution in [2.24, 2.45) is 5.73 Å². The monoisotopic (exact) mass is 275 g/mol. The molecule has 2 N–H and O–H groups in total. The molecule has 0 spiro atoms. The number of likely N-dealkylation sites (tertiary alicyclic amines) is 1. The molecule has 1 atom stereocenters. The fraction of sp³-hybridized carbons (Fsp3) is 0.647. The molecule has 2 rings (SSSR count). The Morgan fingerprint density at radius 3 is 2.70 bits per heavy atom. The quantitative estimate of drug-likeness (QED) is 0.829. The van der Waals surface area contributed by atoms with Gasteiger partial charge in [-0.15, -0.1) is 0 Å². The SMILES string of the molecule is CC(C)N(Cc1ccccc1)CC1CCCN1CCN. The topological polar surface area (TPSA) is 32.5 Å². The molecule has 0 radical (unpaired) electrons. The first kappa shape index (κ1) is 15.5. The third kappa shape index (κ3) is 4.30. The molecule has 3 heteroatoms. The zero-order valence-electron chi connectivity index (χ0n) is 13.0. The molecule has 1 aromatic carbocycles. The minimum absolute atomic E-state index is 0.579. The Balaban J connectivity index is 1.95. The molecular formula is C17H29N3. The fourth-order valence-electron chi connectivity index (χ4n) is 3.11. The van der Waals surface area contributed by atoms with Gasteiger partial charge in [-0.25, -0.2) is 0 Å². The number of nitrogens with zero attached hydrogens (tertiary/aromatic N) is 2. The van der Waals surface area contributed by atoms with Gasteiger partial charge in [0.05, 0.1) is 0 Å². The zero-order valence-corrected chi connectivity index (χ0v) is 13.0. The van der Waals surface area contributed by atoms with Gasteiger partial charge in [0.15, 0.2) is 0 Å². The molecule has 0 amide bonds. The Labute approximate surface area is 123 Å². The summed E-state index contributed by atoms with van der Waals surface area (Å²) in [5.41, 5.74) is 7.14. The van der Waals surface area contributed by atoms with Crippen LogP contribution in [0.1, 0.15) is 32.3 Å². The molecule has 0 aliphatic carbocycles. The second-order valence-corrected chi connectivity index (χ2v) is 6.13. The van der Waals surface area contributed by atoms with E-state index >= 15 is 0 Å². The molecule has 0 aromatic heterocycles. The van der Waals surface area contributed by atoms with E-state index in [2.05, 4.69) is 54.0 Å². The van der Waals surface area contributed by atoms with Gasteiger partial charge in [-0.05, 0) is 38.8 Å². The summed E-state index contributed by atoms with van der Waals surface area (Å²) in [5, 5.41) is 0. The molecule has 1 aliphatic heterocycles. The highest BCUT2D eigenvalue weighted by molar-refractivity contribution is 5.14. The summed E-state index contributed by atoms with van der Waals surface area (Å²) in [4.78, 5) is 5.16. The number of nitrogens with two attached hydrogens (primary N) is 1. The van der Waals surface area contributed by atoms with E-state index in [0.29, 0.717) is 12.1 Å². The smallest absolute Gasteiger partial charge is 0.0237 e. The first-order valence-corrected chi connectivity index (χ1v) is 7.92. The number of benzene rings is 1. The van der Waals surface area contributed by atoms with Crippen LogP contribution < -0.4 is 5.73 Å². The van der Waals surface area contributed by atoms with Crippen LogP contribution in [0.4, 0.5) is 0 Å². The molecule has 1 fully saturated rings. The standard InChI is InChI=1S/C17H29N3/c1-15(2)20(13-16-7-4-3-5-8-16)14-17-9-6-11-19(17)12-10-18/h3-5,7-8,15,17H,6,9-14,18H2,1-2H3. The van der Waals surface area contributed by atoms with Crippen LogP contribution in [0.25, 0.3) is 0 Å². The second-order valence-electron chi connectivity index (χ2n) is 6.13. The molecule has 1 aromatic rings. The van der Waals surface area contributed by atoms with Crippen molar-refractivity contribution < 1.29 is 0 Å². The predicted octanol–water partition coefficient (Wildman–Crippen LogP) is 2.32. The van der Waals surface area contributed by atoms with Gasteiger partial charge in [0.25, 0.3) is 0 Å². The van der Waals surface area contributed by atoms with Crippen LogP contribution >= 0.6 is 0 Å². The number of rotatable bonds is 7. The normalized spacial score (nSPS) is 20.1. The van der Waals surface area contributed by atoms with Crippen LogP contribution in [0.5, 0.6) is 0 Å². The summed E-state index contributed by atoms with van der Waals surface area (Å²) in [6, 6.07) is 12.1. The number of hydrogen-bond donors (Lipinski definition) is 1. The maximum absolute atomic E-state index is 5.73. The predicted molar refractivity (Wildman–Crippen MR) is 85.6 cm³/mol. The molecule has 0 bridgehead atoms. The van der Waals surface area contributed by atoms with Gasteiger partial charge < -0.3 is 5.73 Å². The van der Waals surface area contributed by atoms with Crippen molar-refractivity contribution in [3.63, 3.8) is 0 Å². The summed E-state index contributed by atoms with van der Waals surface area (Å²) in [7, 11) is 0. The second kappa shape index (κ2) is 7.77. The van der Waals surface area contributed by atoms with Crippen molar-refractivity contribution in [3.8, 4) is 0 Å². The lowest BCUT2D eigenvalue weighted by molar-refractivity contribution is 0.142. The van der Waals surface area contributed by atoms with E-state index in [1.54, 1.807) is 0 Å². The van der Waals surface area contributed by atoms with Crippen LogP contribution in [-0.4, -0.2) is 48.1 Å². The van der Waals surface area contributed by atoms with Crippen molar-refractivity contribution in [1.82, 2.24) is 9.80 Å². The third-order valence-corrected chi connectivity index (χ3v) is 4.32. The lowest BCUT2D eigenvalue weighted by atomic mass is 10.1. The fourth-order valence-corrected chi connectivity index (χ4v) is 3.11. The molecular weight excluding hydrogens is 246 g/mol. The van der Waals surface area contributed by atoms with Gasteiger partial charge in [0, 0.05) is 38.3 Å². The molecule has 0 saturated carbocycles. The van der Waals surface area contributed by atoms with Crippen LogP contribution in [-0.2, 0) is 6.54 Å². The average molecular weight is 275 g/mol. The summed E-state index contributed by atoms with van der Waals surface area (Å²) >= 11 is 0. The average Bonchev–Trinajstić information content (AvgIpc) is 2.87. The lowest BCUT2D eigenvalue weighted by Gasteiger charge is -2.33. The van der Waals surface area contributed by atoms with E-state index < -0.39 is 0 Å². The summed E-state index contributed by atoms with van der Waals surface area (Å²) < 4.78 is 0. The summed E-state index contributed by atoms with van der Waals surface area (Å²) in [6.07, 6.45) is 2.64. The minimum atomic E-state index is 0.579.